The van der Waals surface area contributed by atoms with Crippen LogP contribution in [-0.4, -0.2) is 30.2 Å². The highest BCUT2D eigenvalue weighted by Crippen LogP contribution is 2.19. The lowest BCUT2D eigenvalue weighted by molar-refractivity contribution is 0.198. The van der Waals surface area contributed by atoms with Gasteiger partial charge in [0.2, 0.25) is 0 Å². The van der Waals surface area contributed by atoms with Gasteiger partial charge in [0.1, 0.15) is 17.4 Å². The van der Waals surface area contributed by atoms with Crippen molar-refractivity contribution in [1.29, 1.82) is 0 Å². The van der Waals surface area contributed by atoms with E-state index in [4.69, 9.17) is 9.47 Å². The molecule has 0 unspecified atom stereocenters. The van der Waals surface area contributed by atoms with Gasteiger partial charge in [0.05, 0.1) is 12.3 Å². The first-order valence-electron chi connectivity index (χ1n) is 6.89. The Kier molecular flexibility index (Phi) is 6.10. The van der Waals surface area contributed by atoms with Gasteiger partial charge in [-0.15, -0.1) is 11.3 Å². The molecule has 2 rings (SSSR count). The van der Waals surface area contributed by atoms with Crippen LogP contribution in [0, 0.1) is 13.8 Å². The fourth-order valence-electron chi connectivity index (χ4n) is 1.85. The van der Waals surface area contributed by atoms with E-state index in [-0.39, 0.29) is 0 Å². The van der Waals surface area contributed by atoms with E-state index in [1.807, 2.05) is 31.4 Å². The second kappa shape index (κ2) is 8.07. The molecule has 0 aliphatic heterocycles. The van der Waals surface area contributed by atoms with E-state index in [2.05, 4.69) is 15.3 Å². The summed E-state index contributed by atoms with van der Waals surface area (Å²) in [6, 6.07) is 3.93. The molecule has 2 heterocycles. The lowest BCUT2D eigenvalue weighted by Gasteiger charge is -2.11. The van der Waals surface area contributed by atoms with Crippen molar-refractivity contribution in [3.05, 3.63) is 39.6 Å². The number of nitrogens with zero attached hydrogens (tertiary/aromatic N) is 2. The van der Waals surface area contributed by atoms with Crippen LogP contribution in [0.4, 0.5) is 0 Å². The number of aromatic nitrogens is 2. The summed E-state index contributed by atoms with van der Waals surface area (Å²) in [6.07, 6.45) is 0. The molecule has 0 radical (unpaired) electrons. The molecule has 0 saturated carbocycles. The molecule has 2 aromatic rings. The van der Waals surface area contributed by atoms with Crippen molar-refractivity contribution in [3.8, 4) is 5.75 Å². The third kappa shape index (κ3) is 5.08. The highest BCUT2D eigenvalue weighted by Gasteiger charge is 2.07. The number of aryl methyl sites for hydroxylation is 2. The lowest BCUT2D eigenvalue weighted by atomic mass is 10.3. The van der Waals surface area contributed by atoms with Crippen molar-refractivity contribution in [2.75, 3.05) is 20.3 Å². The van der Waals surface area contributed by atoms with Gasteiger partial charge in [-0.25, -0.2) is 4.98 Å². The van der Waals surface area contributed by atoms with Gasteiger partial charge in [-0.1, -0.05) is 0 Å². The van der Waals surface area contributed by atoms with Crippen LogP contribution in [0.3, 0.4) is 0 Å². The van der Waals surface area contributed by atoms with Crippen LogP contribution >= 0.6 is 11.3 Å². The Hall–Kier alpha value is -1.50. The molecule has 2 aromatic heterocycles. The van der Waals surface area contributed by atoms with Crippen molar-refractivity contribution in [2.45, 2.75) is 27.0 Å². The van der Waals surface area contributed by atoms with Crippen molar-refractivity contribution in [3.63, 3.8) is 0 Å². The fraction of sp³-hybridized carbons (Fsp3) is 0.467. The molecule has 1 N–H and O–H groups in total. The smallest absolute Gasteiger partial charge is 0.142 e. The maximum absolute atomic E-state index is 5.86. The van der Waals surface area contributed by atoms with E-state index >= 15 is 0 Å². The quantitative estimate of drug-likeness (QED) is 0.759. The Bertz CT molecular complexity index is 572. The third-order valence-corrected chi connectivity index (χ3v) is 3.80. The zero-order chi connectivity index (χ0) is 15.1. The monoisotopic (exact) mass is 307 g/mol. The second-order valence-corrected chi connectivity index (χ2v) is 5.68. The SMILES string of the molecule is COCCNCc1nc(C)ccc1OCc1nc(C)cs1. The molecular weight excluding hydrogens is 286 g/mol. The van der Waals surface area contributed by atoms with Crippen molar-refractivity contribution in [1.82, 2.24) is 15.3 Å². The van der Waals surface area contributed by atoms with E-state index in [9.17, 15) is 0 Å². The molecule has 0 aliphatic carbocycles. The number of thiazole rings is 1. The number of nitrogens with one attached hydrogen (secondary N) is 1. The molecule has 114 valence electrons. The van der Waals surface area contributed by atoms with Gasteiger partial charge in [-0.05, 0) is 26.0 Å². The van der Waals surface area contributed by atoms with Gasteiger partial charge in [-0.2, -0.15) is 0 Å². The highest BCUT2D eigenvalue weighted by atomic mass is 32.1. The third-order valence-electron chi connectivity index (χ3n) is 2.86. The van der Waals surface area contributed by atoms with Crippen LogP contribution in [0.25, 0.3) is 0 Å². The van der Waals surface area contributed by atoms with Crippen molar-refractivity contribution in [2.24, 2.45) is 0 Å². The van der Waals surface area contributed by atoms with Gasteiger partial charge in [0.25, 0.3) is 0 Å². The second-order valence-electron chi connectivity index (χ2n) is 4.74. The number of pyridine rings is 1. The first-order valence-corrected chi connectivity index (χ1v) is 7.77. The van der Waals surface area contributed by atoms with Crippen LogP contribution in [0.15, 0.2) is 17.5 Å². The Morgan fingerprint density at radius 1 is 1.19 bits per heavy atom. The average Bonchev–Trinajstić information content (AvgIpc) is 2.88. The molecule has 0 aliphatic rings. The summed E-state index contributed by atoms with van der Waals surface area (Å²) in [7, 11) is 1.69. The first kappa shape index (κ1) is 15.9. The minimum atomic E-state index is 0.480. The predicted octanol–water partition coefficient (Wildman–Crippen LogP) is 2.47. The minimum absolute atomic E-state index is 0.480. The summed E-state index contributed by atoms with van der Waals surface area (Å²) in [5, 5.41) is 6.30. The Morgan fingerprint density at radius 2 is 2.05 bits per heavy atom. The Labute approximate surface area is 129 Å². The van der Waals surface area contributed by atoms with Gasteiger partial charge >= 0.3 is 0 Å². The van der Waals surface area contributed by atoms with E-state index in [1.54, 1.807) is 18.4 Å². The lowest BCUT2D eigenvalue weighted by Crippen LogP contribution is -2.20. The molecule has 21 heavy (non-hydrogen) atoms. The summed E-state index contributed by atoms with van der Waals surface area (Å²) >= 11 is 1.61. The average molecular weight is 307 g/mol. The van der Waals surface area contributed by atoms with E-state index in [1.165, 1.54) is 0 Å². The number of hydrogen-bond donors (Lipinski definition) is 1. The molecule has 0 saturated heterocycles. The molecule has 0 amide bonds. The molecule has 0 spiro atoms. The molecule has 0 aromatic carbocycles. The summed E-state index contributed by atoms with van der Waals surface area (Å²) in [4.78, 5) is 8.94. The Balaban J connectivity index is 1.97. The molecular formula is C15H21N3O2S. The molecule has 0 atom stereocenters. The topological polar surface area (TPSA) is 56.3 Å². The largest absolute Gasteiger partial charge is 0.484 e. The summed E-state index contributed by atoms with van der Waals surface area (Å²) < 4.78 is 10.9. The van der Waals surface area contributed by atoms with Gasteiger partial charge in [-0.3, -0.25) is 4.98 Å². The number of methoxy groups -OCH3 is 1. The summed E-state index contributed by atoms with van der Waals surface area (Å²) in [5.74, 6) is 0.804. The van der Waals surface area contributed by atoms with Crippen LogP contribution in [-0.2, 0) is 17.9 Å². The van der Waals surface area contributed by atoms with Crippen LogP contribution in [0.5, 0.6) is 5.75 Å². The van der Waals surface area contributed by atoms with Crippen LogP contribution in [0.1, 0.15) is 22.1 Å². The van der Waals surface area contributed by atoms with Crippen molar-refractivity contribution >= 4 is 11.3 Å². The highest BCUT2D eigenvalue weighted by molar-refractivity contribution is 7.09. The number of ether oxygens (including phenoxy) is 2. The van der Waals surface area contributed by atoms with Crippen LogP contribution < -0.4 is 10.1 Å². The standard InChI is InChI=1S/C15H21N3O2S/c1-11-4-5-14(13(17-11)8-16-6-7-19-3)20-9-15-18-12(2)10-21-15/h4-5,10,16H,6-9H2,1-3H3. The molecule has 6 heteroatoms. The van der Waals surface area contributed by atoms with E-state index in [0.717, 1.165) is 34.4 Å². The molecule has 5 nitrogen and oxygen atoms in total. The van der Waals surface area contributed by atoms with Gasteiger partial charge in [0, 0.05) is 37.0 Å². The molecule has 0 bridgehead atoms. The zero-order valence-electron chi connectivity index (χ0n) is 12.7. The van der Waals surface area contributed by atoms with Gasteiger partial charge in [0.15, 0.2) is 0 Å². The van der Waals surface area contributed by atoms with Gasteiger partial charge < -0.3 is 14.8 Å². The number of hydrogen-bond acceptors (Lipinski definition) is 6. The summed E-state index contributed by atoms with van der Waals surface area (Å²) in [5.41, 5.74) is 2.93. The maximum atomic E-state index is 5.86. The first-order chi connectivity index (χ1) is 10.2. The maximum Gasteiger partial charge on any atom is 0.142 e. The fourth-order valence-corrected chi connectivity index (χ4v) is 2.53. The minimum Gasteiger partial charge on any atom is -0.484 e. The summed E-state index contributed by atoms with van der Waals surface area (Å²) in [6.45, 7) is 6.58. The van der Waals surface area contributed by atoms with E-state index in [0.29, 0.717) is 19.8 Å². The predicted molar refractivity (Wildman–Crippen MR) is 83.7 cm³/mol. The number of rotatable bonds is 8. The zero-order valence-corrected chi connectivity index (χ0v) is 13.5. The van der Waals surface area contributed by atoms with Crippen LogP contribution in [0.2, 0.25) is 0 Å². The normalized spacial score (nSPS) is 10.8. The van der Waals surface area contributed by atoms with E-state index < -0.39 is 0 Å². The molecule has 0 fully saturated rings. The Morgan fingerprint density at radius 3 is 2.76 bits per heavy atom. The van der Waals surface area contributed by atoms with Crippen molar-refractivity contribution < 1.29 is 9.47 Å².